The quantitative estimate of drug-likeness (QED) is 0.444. The monoisotopic (exact) mass is 333 g/mol. The summed E-state index contributed by atoms with van der Waals surface area (Å²) in [6.45, 7) is 18.5. The molecule has 0 nitrogen and oxygen atoms in total. The Kier molecular flexibility index (Phi) is 8.47. The molecule has 23 heavy (non-hydrogen) atoms. The lowest BCUT2D eigenvalue weighted by Crippen LogP contribution is -2.38. The second-order valence-corrected chi connectivity index (χ2v) is 10.2. The van der Waals surface area contributed by atoms with Gasteiger partial charge in [-0.15, -0.1) is 0 Å². The first-order valence-electron chi connectivity index (χ1n) is 9.23. The first-order chi connectivity index (χ1) is 10.8. The molecule has 1 aromatic rings. The Bertz CT molecular complexity index is 456. The van der Waals surface area contributed by atoms with Crippen molar-refractivity contribution in [2.75, 3.05) is 11.5 Å². The normalized spacial score (nSPS) is 13.3. The van der Waals surface area contributed by atoms with Crippen LogP contribution in [0.2, 0.25) is 0 Å². The Morgan fingerprint density at radius 1 is 1.00 bits per heavy atom. The number of hydrogen-bond acceptors (Lipinski definition) is 0. The van der Waals surface area contributed by atoms with Crippen LogP contribution >= 0.6 is 0 Å². The van der Waals surface area contributed by atoms with E-state index in [1.807, 2.05) is 0 Å². The third kappa shape index (κ3) is 6.37. The summed E-state index contributed by atoms with van der Waals surface area (Å²) in [6.07, 6.45) is 5.29. The molecule has 1 heteroatoms. The van der Waals surface area contributed by atoms with Crippen molar-refractivity contribution in [2.45, 2.75) is 72.5 Å². The van der Waals surface area contributed by atoms with E-state index in [1.165, 1.54) is 53.9 Å². The van der Waals surface area contributed by atoms with Crippen LogP contribution < -0.4 is 0 Å². The molecule has 0 heterocycles. The molecule has 0 saturated heterocycles. The van der Waals surface area contributed by atoms with E-state index >= 15 is 0 Å². The van der Waals surface area contributed by atoms with Crippen LogP contribution in [0.4, 0.5) is 0 Å². The van der Waals surface area contributed by atoms with Gasteiger partial charge in [-0.1, -0.05) is 83.9 Å². The van der Waals surface area contributed by atoms with E-state index in [0.29, 0.717) is 16.1 Å². The zero-order valence-electron chi connectivity index (χ0n) is 16.2. The highest BCUT2D eigenvalue weighted by molar-refractivity contribution is 7.97. The SMILES string of the molecule is C=C(c1ccc(C)cc1)C([S+](CCCC)CCCC)C(C)(C)C. The van der Waals surface area contributed by atoms with Crippen LogP contribution in [0.25, 0.3) is 5.57 Å². The zero-order chi connectivity index (χ0) is 17.5. The second-order valence-electron chi connectivity index (χ2n) is 7.79. The van der Waals surface area contributed by atoms with Gasteiger partial charge in [0.15, 0.2) is 0 Å². The minimum absolute atomic E-state index is 0.270. The summed E-state index contributed by atoms with van der Waals surface area (Å²) in [5.41, 5.74) is 4.28. The second kappa shape index (κ2) is 9.57. The van der Waals surface area contributed by atoms with E-state index in [9.17, 15) is 0 Å². The zero-order valence-corrected chi connectivity index (χ0v) is 17.1. The van der Waals surface area contributed by atoms with Gasteiger partial charge in [0.1, 0.15) is 16.8 Å². The van der Waals surface area contributed by atoms with Gasteiger partial charge in [0, 0.05) is 11.0 Å². The van der Waals surface area contributed by atoms with Crippen molar-refractivity contribution in [3.8, 4) is 0 Å². The lowest BCUT2D eigenvalue weighted by Gasteiger charge is -2.32. The predicted molar refractivity (Wildman–Crippen MR) is 110 cm³/mol. The van der Waals surface area contributed by atoms with Gasteiger partial charge in [-0.05, 0) is 36.2 Å². The van der Waals surface area contributed by atoms with E-state index in [2.05, 4.69) is 72.4 Å². The van der Waals surface area contributed by atoms with Crippen molar-refractivity contribution in [1.29, 1.82) is 0 Å². The molecular weight excluding hydrogens is 296 g/mol. The third-order valence-corrected chi connectivity index (χ3v) is 7.66. The van der Waals surface area contributed by atoms with Crippen molar-refractivity contribution in [2.24, 2.45) is 5.41 Å². The third-order valence-electron chi connectivity index (χ3n) is 4.38. The molecule has 0 aliphatic carbocycles. The van der Waals surface area contributed by atoms with Crippen LogP contribution in [-0.4, -0.2) is 16.8 Å². The summed E-state index contributed by atoms with van der Waals surface area (Å²) in [7, 11) is 0.433. The van der Waals surface area contributed by atoms with Crippen LogP contribution in [0.5, 0.6) is 0 Å². The summed E-state index contributed by atoms with van der Waals surface area (Å²) >= 11 is 0. The number of aryl methyl sites for hydroxylation is 1. The number of rotatable bonds is 9. The molecule has 1 rings (SSSR count). The molecule has 0 N–H and O–H groups in total. The summed E-state index contributed by atoms with van der Waals surface area (Å²) in [6, 6.07) is 8.96. The maximum atomic E-state index is 4.57. The lowest BCUT2D eigenvalue weighted by molar-refractivity contribution is 0.435. The van der Waals surface area contributed by atoms with Crippen LogP contribution in [0.3, 0.4) is 0 Å². The largest absolute Gasteiger partial charge is 0.148 e. The Labute approximate surface area is 148 Å². The molecule has 0 aliphatic rings. The van der Waals surface area contributed by atoms with Gasteiger partial charge < -0.3 is 0 Å². The van der Waals surface area contributed by atoms with Crippen LogP contribution in [0, 0.1) is 12.3 Å². The van der Waals surface area contributed by atoms with E-state index in [4.69, 9.17) is 0 Å². The molecule has 0 bridgehead atoms. The Morgan fingerprint density at radius 2 is 1.48 bits per heavy atom. The molecule has 0 amide bonds. The van der Waals surface area contributed by atoms with E-state index < -0.39 is 0 Å². The van der Waals surface area contributed by atoms with Crippen molar-refractivity contribution in [3.63, 3.8) is 0 Å². The van der Waals surface area contributed by atoms with E-state index in [1.54, 1.807) is 0 Å². The molecule has 0 spiro atoms. The average molecular weight is 334 g/mol. The van der Waals surface area contributed by atoms with Crippen LogP contribution in [0.15, 0.2) is 30.8 Å². The summed E-state index contributed by atoms with van der Waals surface area (Å²) in [4.78, 5) is 0. The van der Waals surface area contributed by atoms with Gasteiger partial charge in [-0.3, -0.25) is 0 Å². The number of benzene rings is 1. The predicted octanol–water partition coefficient (Wildman–Crippen LogP) is 6.64. The van der Waals surface area contributed by atoms with Gasteiger partial charge in [0.05, 0.1) is 0 Å². The van der Waals surface area contributed by atoms with Crippen molar-refractivity contribution < 1.29 is 0 Å². The average Bonchev–Trinajstić information content (AvgIpc) is 2.49. The van der Waals surface area contributed by atoms with Crippen LogP contribution in [-0.2, 0) is 10.9 Å². The van der Waals surface area contributed by atoms with Gasteiger partial charge in [-0.25, -0.2) is 0 Å². The lowest BCUT2D eigenvalue weighted by atomic mass is 9.85. The fourth-order valence-corrected chi connectivity index (χ4v) is 6.67. The first kappa shape index (κ1) is 20.4. The highest BCUT2D eigenvalue weighted by Crippen LogP contribution is 2.38. The number of unbranched alkanes of at least 4 members (excludes halogenated alkanes) is 2. The van der Waals surface area contributed by atoms with Crippen LogP contribution in [0.1, 0.15) is 71.4 Å². The van der Waals surface area contributed by atoms with E-state index in [0.717, 1.165) is 0 Å². The Hall–Kier alpha value is -0.690. The topological polar surface area (TPSA) is 0 Å². The molecular formula is C22H37S+. The van der Waals surface area contributed by atoms with Crippen molar-refractivity contribution in [3.05, 3.63) is 42.0 Å². The molecule has 1 aromatic carbocycles. The molecule has 0 fully saturated rings. The highest BCUT2D eigenvalue weighted by atomic mass is 32.2. The minimum atomic E-state index is 0.270. The van der Waals surface area contributed by atoms with Crippen molar-refractivity contribution in [1.82, 2.24) is 0 Å². The summed E-state index contributed by atoms with van der Waals surface area (Å²) in [5.74, 6) is 2.73. The van der Waals surface area contributed by atoms with Gasteiger partial charge in [0.25, 0.3) is 0 Å². The maximum Gasteiger partial charge on any atom is 0.148 e. The van der Waals surface area contributed by atoms with Gasteiger partial charge >= 0.3 is 0 Å². The molecule has 0 saturated carbocycles. The molecule has 1 unspecified atom stereocenters. The molecule has 0 radical (unpaired) electrons. The molecule has 0 aliphatic heterocycles. The minimum Gasteiger partial charge on any atom is -0.0902 e. The fourth-order valence-electron chi connectivity index (χ4n) is 3.14. The Morgan fingerprint density at radius 3 is 1.87 bits per heavy atom. The number of hydrogen-bond donors (Lipinski definition) is 0. The standard InChI is InChI=1S/C22H37S/c1-8-10-16-23(17-11-9-2)21(22(5,6)7)19(4)20-14-12-18(3)13-15-20/h12-15,21H,4,8-11,16-17H2,1-3,5-7H3/q+1. The summed E-state index contributed by atoms with van der Waals surface area (Å²) < 4.78 is 0. The van der Waals surface area contributed by atoms with Gasteiger partial charge in [-0.2, -0.15) is 0 Å². The molecule has 130 valence electrons. The fraction of sp³-hybridized carbons (Fsp3) is 0.636. The maximum absolute atomic E-state index is 4.57. The van der Waals surface area contributed by atoms with Gasteiger partial charge in [0.2, 0.25) is 0 Å². The molecule has 1 atom stereocenters. The molecule has 0 aromatic heterocycles. The van der Waals surface area contributed by atoms with E-state index in [-0.39, 0.29) is 5.41 Å². The summed E-state index contributed by atoms with van der Waals surface area (Å²) in [5, 5.41) is 0.586. The first-order valence-corrected chi connectivity index (χ1v) is 10.9. The smallest absolute Gasteiger partial charge is 0.0902 e. The highest BCUT2D eigenvalue weighted by Gasteiger charge is 2.41. The van der Waals surface area contributed by atoms with Crippen molar-refractivity contribution >= 4 is 16.5 Å². The Balaban J connectivity index is 3.08.